The first-order valence-corrected chi connectivity index (χ1v) is 7.15. The first-order chi connectivity index (χ1) is 10.4. The molecule has 118 valence electrons. The van der Waals surface area contributed by atoms with E-state index in [4.69, 9.17) is 4.74 Å². The van der Waals surface area contributed by atoms with Gasteiger partial charge in [-0.3, -0.25) is 4.79 Å². The van der Waals surface area contributed by atoms with E-state index in [2.05, 4.69) is 10.3 Å². The lowest BCUT2D eigenvalue weighted by Gasteiger charge is -2.06. The van der Waals surface area contributed by atoms with Crippen molar-refractivity contribution in [1.82, 2.24) is 10.3 Å². The number of benzene rings is 1. The average Bonchev–Trinajstić information content (AvgIpc) is 2.94. The van der Waals surface area contributed by atoms with Crippen molar-refractivity contribution in [2.45, 2.75) is 6.18 Å². The number of nitrogens with zero attached hydrogens (tertiary/aromatic N) is 1. The quantitative estimate of drug-likeness (QED) is 0.857. The van der Waals surface area contributed by atoms with E-state index in [-0.39, 0.29) is 18.2 Å². The highest BCUT2D eigenvalue weighted by Crippen LogP contribution is 2.37. The number of halogens is 3. The van der Waals surface area contributed by atoms with Gasteiger partial charge in [0.2, 0.25) is 0 Å². The molecule has 0 aliphatic rings. The summed E-state index contributed by atoms with van der Waals surface area (Å²) in [5.41, 5.74) is -0.625. The van der Waals surface area contributed by atoms with E-state index in [0.717, 1.165) is 11.3 Å². The number of amides is 1. The zero-order chi connectivity index (χ0) is 16.2. The molecule has 0 unspecified atom stereocenters. The predicted molar refractivity (Wildman–Crippen MR) is 76.8 cm³/mol. The highest BCUT2D eigenvalue weighted by molar-refractivity contribution is 7.17. The molecule has 2 rings (SSSR count). The molecular formula is C14H13F3N2O2S. The Hall–Kier alpha value is -1.93. The van der Waals surface area contributed by atoms with Crippen LogP contribution in [0.25, 0.3) is 10.6 Å². The standard InChI is InChI=1S/C14H13F3N2O2S/c1-21-8-7-18-12(20)10-11(14(15,16)17)19-13(22-10)9-5-3-2-4-6-9/h2-6H,7-8H2,1H3,(H,18,20). The van der Waals surface area contributed by atoms with Crippen LogP contribution in [0.15, 0.2) is 30.3 Å². The summed E-state index contributed by atoms with van der Waals surface area (Å²) < 4.78 is 43.9. The fraction of sp³-hybridized carbons (Fsp3) is 0.286. The lowest BCUT2D eigenvalue weighted by Crippen LogP contribution is -2.28. The van der Waals surface area contributed by atoms with Crippen LogP contribution in [0.1, 0.15) is 15.4 Å². The molecule has 0 fully saturated rings. The number of rotatable bonds is 5. The smallest absolute Gasteiger partial charge is 0.383 e. The number of methoxy groups -OCH3 is 1. The van der Waals surface area contributed by atoms with Crippen molar-refractivity contribution in [1.29, 1.82) is 0 Å². The van der Waals surface area contributed by atoms with Gasteiger partial charge in [0.25, 0.3) is 5.91 Å². The second-order valence-corrected chi connectivity index (χ2v) is 5.31. The molecule has 1 heterocycles. The minimum absolute atomic E-state index is 0.130. The van der Waals surface area contributed by atoms with Crippen LogP contribution in [0.4, 0.5) is 13.2 Å². The van der Waals surface area contributed by atoms with Gasteiger partial charge in [0.05, 0.1) is 6.61 Å². The molecule has 8 heteroatoms. The molecule has 1 N–H and O–H groups in total. The van der Waals surface area contributed by atoms with Crippen molar-refractivity contribution in [3.63, 3.8) is 0 Å². The molecule has 0 aliphatic carbocycles. The fourth-order valence-corrected chi connectivity index (χ4v) is 2.72. The van der Waals surface area contributed by atoms with Crippen molar-refractivity contribution in [2.75, 3.05) is 20.3 Å². The van der Waals surface area contributed by atoms with Crippen LogP contribution in [0.2, 0.25) is 0 Å². The molecule has 1 aromatic heterocycles. The summed E-state index contributed by atoms with van der Waals surface area (Å²) in [5.74, 6) is -0.802. The van der Waals surface area contributed by atoms with E-state index < -0.39 is 22.7 Å². The van der Waals surface area contributed by atoms with Crippen LogP contribution in [-0.2, 0) is 10.9 Å². The molecule has 0 radical (unpaired) electrons. The number of thiazole rings is 1. The zero-order valence-electron chi connectivity index (χ0n) is 11.6. The molecule has 2 aromatic rings. The van der Waals surface area contributed by atoms with Gasteiger partial charge in [0, 0.05) is 19.2 Å². The van der Waals surface area contributed by atoms with Gasteiger partial charge in [-0.15, -0.1) is 11.3 Å². The third kappa shape index (κ3) is 3.83. The molecular weight excluding hydrogens is 317 g/mol. The highest BCUT2D eigenvalue weighted by Gasteiger charge is 2.39. The Kier molecular flexibility index (Phi) is 5.15. The molecule has 4 nitrogen and oxygen atoms in total. The zero-order valence-corrected chi connectivity index (χ0v) is 12.4. The Bertz CT molecular complexity index is 641. The predicted octanol–water partition coefficient (Wildman–Crippen LogP) is 3.21. The summed E-state index contributed by atoms with van der Waals surface area (Å²) in [4.78, 5) is 15.1. The molecule has 0 aliphatic heterocycles. The van der Waals surface area contributed by atoms with Gasteiger partial charge in [0.15, 0.2) is 5.69 Å². The SMILES string of the molecule is COCCNC(=O)c1sc(-c2ccccc2)nc1C(F)(F)F. The Morgan fingerprint density at radius 1 is 1.32 bits per heavy atom. The van der Waals surface area contributed by atoms with Crippen LogP contribution in [0.5, 0.6) is 0 Å². The normalized spacial score (nSPS) is 11.5. The monoisotopic (exact) mass is 330 g/mol. The summed E-state index contributed by atoms with van der Waals surface area (Å²) in [5, 5.41) is 2.54. The third-order valence-corrected chi connectivity index (χ3v) is 3.82. The minimum Gasteiger partial charge on any atom is -0.383 e. The lowest BCUT2D eigenvalue weighted by molar-refractivity contribution is -0.141. The molecule has 0 atom stereocenters. The van der Waals surface area contributed by atoms with E-state index in [1.165, 1.54) is 7.11 Å². The second-order valence-electron chi connectivity index (χ2n) is 4.31. The summed E-state index contributed by atoms with van der Waals surface area (Å²) in [7, 11) is 1.44. The number of nitrogens with one attached hydrogen (secondary N) is 1. The van der Waals surface area contributed by atoms with Crippen molar-refractivity contribution in [3.8, 4) is 10.6 Å². The number of ether oxygens (including phenoxy) is 1. The molecule has 0 saturated heterocycles. The molecule has 0 bridgehead atoms. The summed E-state index contributed by atoms with van der Waals surface area (Å²) in [6.45, 7) is 0.350. The van der Waals surface area contributed by atoms with Crippen molar-refractivity contribution in [2.24, 2.45) is 0 Å². The van der Waals surface area contributed by atoms with Crippen LogP contribution in [0, 0.1) is 0 Å². The molecule has 1 aromatic carbocycles. The largest absolute Gasteiger partial charge is 0.435 e. The molecule has 0 saturated carbocycles. The number of alkyl halides is 3. The Morgan fingerprint density at radius 3 is 2.59 bits per heavy atom. The van der Waals surface area contributed by atoms with E-state index in [9.17, 15) is 18.0 Å². The molecule has 22 heavy (non-hydrogen) atoms. The molecule has 0 spiro atoms. The van der Waals surface area contributed by atoms with Gasteiger partial charge in [-0.1, -0.05) is 30.3 Å². The topological polar surface area (TPSA) is 51.2 Å². The Labute approximate surface area is 128 Å². The van der Waals surface area contributed by atoms with Crippen molar-refractivity contribution in [3.05, 3.63) is 40.9 Å². The maximum atomic E-state index is 13.1. The highest BCUT2D eigenvalue weighted by atomic mass is 32.1. The van der Waals surface area contributed by atoms with Crippen LogP contribution in [0.3, 0.4) is 0 Å². The minimum atomic E-state index is -4.68. The van der Waals surface area contributed by atoms with Crippen molar-refractivity contribution >= 4 is 17.2 Å². The summed E-state index contributed by atoms with van der Waals surface area (Å²) >= 11 is 0.722. The number of aromatic nitrogens is 1. The first-order valence-electron chi connectivity index (χ1n) is 6.34. The van der Waals surface area contributed by atoms with Gasteiger partial charge in [-0.05, 0) is 0 Å². The second kappa shape index (κ2) is 6.89. The number of hydrogen-bond donors (Lipinski definition) is 1. The maximum Gasteiger partial charge on any atom is 0.435 e. The average molecular weight is 330 g/mol. The van der Waals surface area contributed by atoms with Crippen LogP contribution in [-0.4, -0.2) is 31.2 Å². The summed E-state index contributed by atoms with van der Waals surface area (Å²) in [6, 6.07) is 8.43. The number of carbonyl (C=O) groups is 1. The lowest BCUT2D eigenvalue weighted by atomic mass is 10.2. The van der Waals surface area contributed by atoms with E-state index in [1.54, 1.807) is 30.3 Å². The fourth-order valence-electron chi connectivity index (χ4n) is 1.72. The first kappa shape index (κ1) is 16.4. The van der Waals surface area contributed by atoms with E-state index >= 15 is 0 Å². The van der Waals surface area contributed by atoms with Crippen LogP contribution < -0.4 is 5.32 Å². The van der Waals surface area contributed by atoms with Gasteiger partial charge in [-0.2, -0.15) is 13.2 Å². The van der Waals surface area contributed by atoms with Gasteiger partial charge >= 0.3 is 6.18 Å². The van der Waals surface area contributed by atoms with Gasteiger partial charge < -0.3 is 10.1 Å². The number of carbonyl (C=O) groups excluding carboxylic acids is 1. The van der Waals surface area contributed by atoms with Gasteiger partial charge in [0.1, 0.15) is 9.88 Å². The number of hydrogen-bond acceptors (Lipinski definition) is 4. The van der Waals surface area contributed by atoms with E-state index in [0.29, 0.717) is 5.56 Å². The Balaban J connectivity index is 2.35. The van der Waals surface area contributed by atoms with Gasteiger partial charge in [-0.25, -0.2) is 4.98 Å². The third-order valence-electron chi connectivity index (χ3n) is 2.71. The Morgan fingerprint density at radius 2 is 2.00 bits per heavy atom. The van der Waals surface area contributed by atoms with Crippen LogP contribution >= 0.6 is 11.3 Å². The maximum absolute atomic E-state index is 13.1. The van der Waals surface area contributed by atoms with Crippen molar-refractivity contribution < 1.29 is 22.7 Å². The van der Waals surface area contributed by atoms with E-state index in [1.807, 2.05) is 0 Å². The summed E-state index contributed by atoms with van der Waals surface area (Å²) in [6.07, 6.45) is -4.68. The molecule has 1 amide bonds.